The minimum Gasteiger partial charge on any atom is -0.454 e. The van der Waals surface area contributed by atoms with E-state index < -0.39 is 26.0 Å². The molecule has 1 saturated heterocycles. The van der Waals surface area contributed by atoms with Crippen molar-refractivity contribution in [1.82, 2.24) is 14.5 Å². The van der Waals surface area contributed by atoms with Crippen LogP contribution in [0.4, 0.5) is 5.69 Å². The van der Waals surface area contributed by atoms with Crippen LogP contribution >= 0.6 is 23.2 Å². The molecule has 1 aliphatic heterocycles. The van der Waals surface area contributed by atoms with E-state index in [1.165, 1.54) is 45.6 Å². The fraction of sp³-hybridized carbons (Fsp3) is 0.259. The zero-order chi connectivity index (χ0) is 30.5. The maximum Gasteiger partial charge on any atom is 0.262 e. The predicted molar refractivity (Wildman–Crippen MR) is 160 cm³/mol. The molecule has 0 aliphatic carbocycles. The van der Waals surface area contributed by atoms with Crippen LogP contribution in [0.15, 0.2) is 71.6 Å². The normalized spacial score (nSPS) is 14.3. The first-order valence-corrected chi connectivity index (χ1v) is 16.6. The number of carbonyl (C=O) groups excluding carboxylic acids is 2. The molecule has 224 valence electrons. The topological polar surface area (TPSA) is 142 Å². The van der Waals surface area contributed by atoms with Crippen LogP contribution in [0.3, 0.4) is 0 Å². The van der Waals surface area contributed by atoms with Crippen molar-refractivity contribution in [3.8, 4) is 11.5 Å². The number of piperazine rings is 1. The number of benzene rings is 3. The van der Waals surface area contributed by atoms with E-state index in [4.69, 9.17) is 27.9 Å². The number of sulfonamides is 2. The van der Waals surface area contributed by atoms with Gasteiger partial charge in [0.2, 0.25) is 15.9 Å². The van der Waals surface area contributed by atoms with Crippen LogP contribution in [0, 0.1) is 0 Å². The van der Waals surface area contributed by atoms with Gasteiger partial charge in [0.15, 0.2) is 5.75 Å². The Morgan fingerprint density at radius 3 is 2.19 bits per heavy atom. The Morgan fingerprint density at radius 2 is 1.55 bits per heavy atom. The lowest BCUT2D eigenvalue weighted by Crippen LogP contribution is -2.52. The van der Waals surface area contributed by atoms with Gasteiger partial charge in [0.25, 0.3) is 15.9 Å². The first-order chi connectivity index (χ1) is 19.9. The third kappa shape index (κ3) is 7.72. The van der Waals surface area contributed by atoms with E-state index >= 15 is 0 Å². The van der Waals surface area contributed by atoms with Crippen molar-refractivity contribution in [3.63, 3.8) is 0 Å². The van der Waals surface area contributed by atoms with Gasteiger partial charge in [-0.05, 0) is 61.5 Å². The van der Waals surface area contributed by atoms with E-state index in [1.807, 2.05) is 0 Å². The van der Waals surface area contributed by atoms with Crippen molar-refractivity contribution in [2.24, 2.45) is 0 Å². The second-order valence-electron chi connectivity index (χ2n) is 9.17. The minimum atomic E-state index is -4.07. The molecule has 0 radical (unpaired) electrons. The molecule has 15 heteroatoms. The quantitative estimate of drug-likeness (QED) is 0.338. The molecule has 0 spiro atoms. The zero-order valence-electron chi connectivity index (χ0n) is 22.4. The van der Waals surface area contributed by atoms with Crippen molar-refractivity contribution in [2.75, 3.05) is 43.2 Å². The molecule has 2 N–H and O–H groups in total. The van der Waals surface area contributed by atoms with Crippen LogP contribution in [0.25, 0.3) is 0 Å². The Hall–Kier alpha value is -3.36. The van der Waals surface area contributed by atoms with Crippen molar-refractivity contribution < 1.29 is 31.2 Å². The summed E-state index contributed by atoms with van der Waals surface area (Å²) in [7, 11) is -7.39. The summed E-state index contributed by atoms with van der Waals surface area (Å²) >= 11 is 12.1. The van der Waals surface area contributed by atoms with Gasteiger partial charge in [-0.15, -0.1) is 0 Å². The van der Waals surface area contributed by atoms with E-state index in [0.717, 1.165) is 0 Å². The monoisotopic (exact) mass is 654 g/mol. The molecule has 1 fully saturated rings. The average Bonchev–Trinajstić information content (AvgIpc) is 2.98. The first kappa shape index (κ1) is 31.6. The first-order valence-electron chi connectivity index (χ1n) is 12.8. The molecular weight excluding hydrogens is 627 g/mol. The van der Waals surface area contributed by atoms with E-state index in [9.17, 15) is 26.4 Å². The second-order valence-corrected chi connectivity index (χ2v) is 13.9. The van der Waals surface area contributed by atoms with Crippen LogP contribution in [0.1, 0.15) is 17.3 Å². The second kappa shape index (κ2) is 13.3. The summed E-state index contributed by atoms with van der Waals surface area (Å²) in [6.45, 7) is 2.14. The Kier molecular flexibility index (Phi) is 10.00. The Bertz CT molecular complexity index is 1680. The summed E-state index contributed by atoms with van der Waals surface area (Å²) in [5.41, 5.74) is 0.318. The molecule has 1 aliphatic rings. The summed E-state index contributed by atoms with van der Waals surface area (Å²) in [4.78, 5) is 26.5. The van der Waals surface area contributed by atoms with Gasteiger partial charge in [-0.25, -0.2) is 16.8 Å². The molecule has 42 heavy (non-hydrogen) atoms. The summed E-state index contributed by atoms with van der Waals surface area (Å²) in [5, 5.41) is 3.20. The summed E-state index contributed by atoms with van der Waals surface area (Å²) in [6, 6.07) is 16.3. The largest absolute Gasteiger partial charge is 0.454 e. The maximum atomic E-state index is 13.1. The lowest BCUT2D eigenvalue weighted by molar-refractivity contribution is -0.131. The molecule has 1 heterocycles. The number of carbonyl (C=O) groups is 2. The van der Waals surface area contributed by atoms with Gasteiger partial charge < -0.3 is 15.0 Å². The summed E-state index contributed by atoms with van der Waals surface area (Å²) < 4.78 is 59.8. The van der Waals surface area contributed by atoms with Crippen LogP contribution in [-0.4, -0.2) is 76.3 Å². The summed E-state index contributed by atoms with van der Waals surface area (Å²) in [6.07, 6.45) is 0. The highest BCUT2D eigenvalue weighted by molar-refractivity contribution is 7.92. The molecule has 0 aromatic heterocycles. The third-order valence-corrected chi connectivity index (χ3v) is 10.2. The highest BCUT2D eigenvalue weighted by Gasteiger charge is 2.27. The molecule has 2 amide bonds. The van der Waals surface area contributed by atoms with E-state index in [-0.39, 0.29) is 77.1 Å². The molecule has 0 saturated carbocycles. The fourth-order valence-corrected chi connectivity index (χ4v) is 6.68. The lowest BCUT2D eigenvalue weighted by Gasteiger charge is -2.33. The Morgan fingerprint density at radius 1 is 0.881 bits per heavy atom. The van der Waals surface area contributed by atoms with Crippen molar-refractivity contribution in [1.29, 1.82) is 0 Å². The van der Waals surface area contributed by atoms with Crippen LogP contribution < -0.4 is 14.8 Å². The molecule has 0 unspecified atom stereocenters. The third-order valence-electron chi connectivity index (χ3n) is 6.42. The number of rotatable bonds is 10. The number of hydrogen-bond acceptors (Lipinski definition) is 7. The fourth-order valence-electron chi connectivity index (χ4n) is 4.07. The van der Waals surface area contributed by atoms with Crippen LogP contribution in [0.2, 0.25) is 10.0 Å². The lowest BCUT2D eigenvalue weighted by atomic mass is 10.2. The SMILES string of the molecule is CCS(=O)(=O)N1CCN(C(=O)CNC(=O)c2ccc(S(=O)(=O)Nc3ccccc3Oc3ccc(Cl)cc3Cl)cc2)CC1. The Balaban J connectivity index is 1.35. The van der Waals surface area contributed by atoms with Crippen molar-refractivity contribution in [2.45, 2.75) is 11.8 Å². The van der Waals surface area contributed by atoms with Gasteiger partial charge in [-0.3, -0.25) is 14.3 Å². The van der Waals surface area contributed by atoms with E-state index in [0.29, 0.717) is 5.02 Å². The van der Waals surface area contributed by atoms with Gasteiger partial charge in [0.1, 0.15) is 5.75 Å². The molecule has 11 nitrogen and oxygen atoms in total. The number of amides is 2. The van der Waals surface area contributed by atoms with Gasteiger partial charge in [-0.1, -0.05) is 35.3 Å². The minimum absolute atomic E-state index is 0.00544. The van der Waals surface area contributed by atoms with Crippen molar-refractivity contribution >= 4 is 60.8 Å². The van der Waals surface area contributed by atoms with Gasteiger partial charge in [0, 0.05) is 36.8 Å². The number of nitrogens with one attached hydrogen (secondary N) is 2. The van der Waals surface area contributed by atoms with E-state index in [1.54, 1.807) is 37.3 Å². The maximum absolute atomic E-state index is 13.1. The number of para-hydroxylation sites is 2. The molecule has 4 rings (SSSR count). The molecule has 0 bridgehead atoms. The van der Waals surface area contributed by atoms with Gasteiger partial charge in [0.05, 0.1) is 27.9 Å². The molecular formula is C27H28Cl2N4O7S2. The van der Waals surface area contributed by atoms with Gasteiger partial charge in [-0.2, -0.15) is 4.31 Å². The number of ether oxygens (including phenoxy) is 1. The molecule has 3 aromatic carbocycles. The standard InChI is InChI=1S/C27H28Cl2N4O7S2/c1-2-41(36,37)33-15-13-32(14-16-33)26(34)18-30-27(35)19-7-10-21(11-8-19)42(38,39)31-23-5-3-4-6-25(23)40-24-12-9-20(28)17-22(24)29/h3-12,17,31H,2,13-16,18H2,1H3,(H,30,35). The number of anilines is 1. The average molecular weight is 656 g/mol. The number of halogens is 2. The van der Waals surface area contributed by atoms with Gasteiger partial charge >= 0.3 is 0 Å². The zero-order valence-corrected chi connectivity index (χ0v) is 25.6. The van der Waals surface area contributed by atoms with E-state index in [2.05, 4.69) is 10.0 Å². The van der Waals surface area contributed by atoms with Crippen LogP contribution in [-0.2, 0) is 24.8 Å². The predicted octanol–water partition coefficient (Wildman–Crippen LogP) is 3.81. The summed E-state index contributed by atoms with van der Waals surface area (Å²) in [5.74, 6) is -0.422. The molecule has 3 aromatic rings. The van der Waals surface area contributed by atoms with Crippen LogP contribution in [0.5, 0.6) is 11.5 Å². The smallest absolute Gasteiger partial charge is 0.262 e. The molecule has 0 atom stereocenters. The number of nitrogens with zero attached hydrogens (tertiary/aromatic N) is 2. The highest BCUT2D eigenvalue weighted by Crippen LogP contribution is 2.35. The Labute approximate surface area is 254 Å². The highest BCUT2D eigenvalue weighted by atomic mass is 35.5. The van der Waals surface area contributed by atoms with Crippen molar-refractivity contribution in [3.05, 3.63) is 82.3 Å². The number of hydrogen-bond donors (Lipinski definition) is 2.